The van der Waals surface area contributed by atoms with Crippen molar-refractivity contribution in [1.82, 2.24) is 9.61 Å². The molecule has 0 atom stereocenters. The lowest BCUT2D eigenvalue weighted by molar-refractivity contribution is 0.958. The molecule has 0 amide bonds. The van der Waals surface area contributed by atoms with Gasteiger partial charge in [-0.25, -0.2) is 4.52 Å². The lowest BCUT2D eigenvalue weighted by Gasteiger charge is -2.02. The number of rotatable bonds is 3. The largest absolute Gasteiger partial charge is 0.240 e. The first-order valence-electron chi connectivity index (χ1n) is 7.56. The van der Waals surface area contributed by atoms with Gasteiger partial charge in [-0.2, -0.15) is 5.10 Å². The van der Waals surface area contributed by atoms with E-state index in [0.717, 1.165) is 28.2 Å². The summed E-state index contributed by atoms with van der Waals surface area (Å²) < 4.78 is 1.92. The zero-order valence-corrected chi connectivity index (χ0v) is 13.2. The van der Waals surface area contributed by atoms with Gasteiger partial charge in [0.25, 0.3) is 0 Å². The second kappa shape index (κ2) is 5.90. The molecule has 0 unspecified atom stereocenters. The van der Waals surface area contributed by atoms with Gasteiger partial charge >= 0.3 is 0 Å². The normalized spacial score (nSPS) is 11.0. The summed E-state index contributed by atoms with van der Waals surface area (Å²) in [4.78, 5) is 0. The summed E-state index contributed by atoms with van der Waals surface area (Å²) in [5.74, 6) is 0. The molecule has 2 nitrogen and oxygen atoms in total. The van der Waals surface area contributed by atoms with Crippen molar-refractivity contribution < 1.29 is 0 Å². The number of hydrogen-bond acceptors (Lipinski definition) is 1. The van der Waals surface area contributed by atoms with Crippen LogP contribution in [0.2, 0.25) is 5.02 Å². The van der Waals surface area contributed by atoms with Crippen LogP contribution in [0.5, 0.6) is 0 Å². The molecule has 0 radical (unpaired) electrons. The molecule has 2 heterocycles. The molecule has 112 valence electrons. The third-order valence-electron chi connectivity index (χ3n) is 3.92. The number of benzene rings is 2. The number of aromatic nitrogens is 2. The second-order valence-corrected chi connectivity index (χ2v) is 6.04. The predicted molar refractivity (Wildman–Crippen MR) is 94.9 cm³/mol. The van der Waals surface area contributed by atoms with Crippen molar-refractivity contribution in [3.05, 3.63) is 95.1 Å². The lowest BCUT2D eigenvalue weighted by Crippen LogP contribution is -1.91. The van der Waals surface area contributed by atoms with Crippen LogP contribution in [-0.4, -0.2) is 9.61 Å². The Morgan fingerprint density at radius 1 is 0.826 bits per heavy atom. The Kier molecular flexibility index (Phi) is 3.60. The van der Waals surface area contributed by atoms with Crippen LogP contribution in [0.25, 0.3) is 16.8 Å². The van der Waals surface area contributed by atoms with Gasteiger partial charge in [-0.3, -0.25) is 0 Å². The highest BCUT2D eigenvalue weighted by Gasteiger charge is 2.05. The molecule has 4 rings (SSSR count). The number of fused-ring (bicyclic) bond motifs is 1. The fourth-order valence-corrected chi connectivity index (χ4v) is 2.87. The number of hydrogen-bond donors (Lipinski definition) is 0. The Morgan fingerprint density at radius 3 is 2.39 bits per heavy atom. The minimum absolute atomic E-state index is 0.739. The Hall–Kier alpha value is -2.58. The van der Waals surface area contributed by atoms with E-state index in [1.54, 1.807) is 0 Å². The third-order valence-corrected chi connectivity index (χ3v) is 4.17. The maximum atomic E-state index is 5.95. The van der Waals surface area contributed by atoms with E-state index in [1.807, 2.05) is 41.0 Å². The summed E-state index contributed by atoms with van der Waals surface area (Å²) in [6.45, 7) is 0. The highest BCUT2D eigenvalue weighted by molar-refractivity contribution is 6.30. The van der Waals surface area contributed by atoms with E-state index in [9.17, 15) is 0 Å². The van der Waals surface area contributed by atoms with Gasteiger partial charge < -0.3 is 0 Å². The van der Waals surface area contributed by atoms with Crippen molar-refractivity contribution in [2.45, 2.75) is 6.42 Å². The van der Waals surface area contributed by atoms with Crippen molar-refractivity contribution >= 4 is 17.1 Å². The van der Waals surface area contributed by atoms with E-state index >= 15 is 0 Å². The van der Waals surface area contributed by atoms with E-state index in [4.69, 9.17) is 11.6 Å². The SMILES string of the molecule is Clc1ccc(-c2cc3cc(Cc4ccccc4)ccn3n2)cc1. The molecular formula is C20H15ClN2. The number of nitrogens with zero attached hydrogens (tertiary/aromatic N) is 2. The quantitative estimate of drug-likeness (QED) is 0.504. The monoisotopic (exact) mass is 318 g/mol. The minimum atomic E-state index is 0.739. The number of pyridine rings is 1. The number of halogens is 1. The fraction of sp³-hybridized carbons (Fsp3) is 0.0500. The summed E-state index contributed by atoms with van der Waals surface area (Å²) >= 11 is 5.95. The average Bonchev–Trinajstić information content (AvgIpc) is 3.00. The van der Waals surface area contributed by atoms with Crippen LogP contribution in [0.15, 0.2) is 79.0 Å². The molecule has 0 aliphatic heterocycles. The molecule has 0 saturated heterocycles. The van der Waals surface area contributed by atoms with Gasteiger partial charge in [-0.1, -0.05) is 54.1 Å². The zero-order valence-electron chi connectivity index (χ0n) is 12.5. The molecule has 0 bridgehead atoms. The molecule has 0 N–H and O–H groups in total. The first-order chi connectivity index (χ1) is 11.3. The van der Waals surface area contributed by atoms with Crippen LogP contribution in [0.1, 0.15) is 11.1 Å². The molecule has 2 aromatic heterocycles. The topological polar surface area (TPSA) is 17.3 Å². The van der Waals surface area contributed by atoms with Crippen LogP contribution in [0.3, 0.4) is 0 Å². The third kappa shape index (κ3) is 2.99. The summed E-state index contributed by atoms with van der Waals surface area (Å²) in [6, 6.07) is 24.7. The van der Waals surface area contributed by atoms with Gasteiger partial charge in [0.15, 0.2) is 0 Å². The van der Waals surface area contributed by atoms with E-state index in [1.165, 1.54) is 11.1 Å². The molecule has 0 spiro atoms. The van der Waals surface area contributed by atoms with Gasteiger partial charge in [0.05, 0.1) is 11.2 Å². The van der Waals surface area contributed by atoms with Gasteiger partial charge in [0.1, 0.15) is 0 Å². The molecule has 23 heavy (non-hydrogen) atoms. The minimum Gasteiger partial charge on any atom is -0.240 e. The average molecular weight is 319 g/mol. The molecule has 0 aliphatic rings. The van der Waals surface area contributed by atoms with Crippen LogP contribution in [-0.2, 0) is 6.42 Å². The molecule has 3 heteroatoms. The van der Waals surface area contributed by atoms with Crippen molar-refractivity contribution in [3.63, 3.8) is 0 Å². The summed E-state index contributed by atoms with van der Waals surface area (Å²) in [6.07, 6.45) is 2.95. The van der Waals surface area contributed by atoms with Crippen molar-refractivity contribution in [2.24, 2.45) is 0 Å². The molecule has 0 aliphatic carbocycles. The Bertz CT molecular complexity index is 940. The fourth-order valence-electron chi connectivity index (χ4n) is 2.74. The van der Waals surface area contributed by atoms with Crippen molar-refractivity contribution in [3.8, 4) is 11.3 Å². The smallest absolute Gasteiger partial charge is 0.0933 e. The van der Waals surface area contributed by atoms with Crippen molar-refractivity contribution in [2.75, 3.05) is 0 Å². The van der Waals surface area contributed by atoms with Crippen LogP contribution >= 0.6 is 11.6 Å². The zero-order chi connectivity index (χ0) is 15.6. The standard InChI is InChI=1S/C20H15ClN2/c21-18-8-6-17(7-9-18)20-14-19-13-16(10-11-23(19)22-20)12-15-4-2-1-3-5-15/h1-11,13-14H,12H2. The highest BCUT2D eigenvalue weighted by atomic mass is 35.5. The first-order valence-corrected chi connectivity index (χ1v) is 7.94. The van der Waals surface area contributed by atoms with E-state index in [2.05, 4.69) is 47.6 Å². The first kappa shape index (κ1) is 14.0. The van der Waals surface area contributed by atoms with E-state index in [-0.39, 0.29) is 0 Å². The summed E-state index contributed by atoms with van der Waals surface area (Å²) in [5.41, 5.74) is 5.73. The van der Waals surface area contributed by atoms with E-state index < -0.39 is 0 Å². The highest BCUT2D eigenvalue weighted by Crippen LogP contribution is 2.22. The van der Waals surface area contributed by atoms with Gasteiger partial charge in [-0.05, 0) is 47.9 Å². The van der Waals surface area contributed by atoms with Gasteiger partial charge in [0, 0.05) is 16.8 Å². The van der Waals surface area contributed by atoms with Gasteiger partial charge in [-0.15, -0.1) is 0 Å². The summed E-state index contributed by atoms with van der Waals surface area (Å²) in [5, 5.41) is 5.37. The predicted octanol–water partition coefficient (Wildman–Crippen LogP) is 5.25. The summed E-state index contributed by atoms with van der Waals surface area (Å²) in [7, 11) is 0. The Balaban J connectivity index is 1.68. The molecule has 2 aromatic carbocycles. The van der Waals surface area contributed by atoms with Gasteiger partial charge in [0.2, 0.25) is 0 Å². The maximum Gasteiger partial charge on any atom is 0.0933 e. The van der Waals surface area contributed by atoms with Crippen LogP contribution < -0.4 is 0 Å². The van der Waals surface area contributed by atoms with Crippen molar-refractivity contribution in [1.29, 1.82) is 0 Å². The Morgan fingerprint density at radius 2 is 1.61 bits per heavy atom. The lowest BCUT2D eigenvalue weighted by atomic mass is 10.1. The second-order valence-electron chi connectivity index (χ2n) is 5.60. The van der Waals surface area contributed by atoms with Crippen LogP contribution in [0, 0.1) is 0 Å². The maximum absolute atomic E-state index is 5.95. The molecular weight excluding hydrogens is 304 g/mol. The Labute approximate surface area is 140 Å². The van der Waals surface area contributed by atoms with Crippen LogP contribution in [0.4, 0.5) is 0 Å². The molecule has 0 saturated carbocycles. The molecule has 4 aromatic rings. The molecule has 0 fully saturated rings. The van der Waals surface area contributed by atoms with E-state index in [0.29, 0.717) is 0 Å².